The van der Waals surface area contributed by atoms with E-state index < -0.39 is 25.9 Å². The lowest BCUT2D eigenvalue weighted by molar-refractivity contribution is 0.415. The quantitative estimate of drug-likeness (QED) is 0.780. The molecular weight excluding hydrogens is 374 g/mol. The molecule has 6 nitrogen and oxygen atoms in total. The predicted octanol–water partition coefficient (Wildman–Crippen LogP) is 2.51. The Kier molecular flexibility index (Phi) is 4.81. The van der Waals surface area contributed by atoms with Crippen LogP contribution in [0.2, 0.25) is 0 Å². The number of benzene rings is 2. The van der Waals surface area contributed by atoms with Gasteiger partial charge in [0.25, 0.3) is 10.0 Å². The van der Waals surface area contributed by atoms with Crippen molar-refractivity contribution in [1.82, 2.24) is 0 Å². The number of rotatable bonds is 5. The van der Waals surface area contributed by atoms with Gasteiger partial charge in [-0.15, -0.1) is 0 Å². The van der Waals surface area contributed by atoms with E-state index in [0.29, 0.717) is 11.4 Å². The van der Waals surface area contributed by atoms with Crippen LogP contribution in [0.1, 0.15) is 5.56 Å². The van der Waals surface area contributed by atoms with Gasteiger partial charge in [0.05, 0.1) is 29.5 Å². The van der Waals surface area contributed by atoms with Crippen molar-refractivity contribution in [3.63, 3.8) is 0 Å². The molecule has 0 saturated heterocycles. The lowest BCUT2D eigenvalue weighted by atomic mass is 10.2. The van der Waals surface area contributed by atoms with Gasteiger partial charge in [0.1, 0.15) is 5.75 Å². The summed E-state index contributed by atoms with van der Waals surface area (Å²) in [4.78, 5) is 0.101. The summed E-state index contributed by atoms with van der Waals surface area (Å²) in [5, 5.41) is 1.06. The van der Waals surface area contributed by atoms with Crippen LogP contribution in [-0.2, 0) is 19.9 Å². The maximum absolute atomic E-state index is 13.3. The molecular formula is C18H19NO5S2. The average molecular weight is 393 g/mol. The van der Waals surface area contributed by atoms with Crippen molar-refractivity contribution in [1.29, 1.82) is 0 Å². The van der Waals surface area contributed by atoms with Gasteiger partial charge >= 0.3 is 0 Å². The first-order valence-electron chi connectivity index (χ1n) is 7.89. The maximum atomic E-state index is 13.3. The standard InChI is InChI=1S/C18H19NO5S2/c1-14-6-8-18(9-7-14)26(22,23)19(16-10-11-25(20,21)13-16)15-4-3-5-17(12-15)24-2/h3-12,16H,13H2,1-2H3/t16-/m1/s1. The van der Waals surface area contributed by atoms with Gasteiger partial charge in [-0.05, 0) is 37.3 Å². The van der Waals surface area contributed by atoms with E-state index in [1.165, 1.54) is 25.3 Å². The lowest BCUT2D eigenvalue weighted by Gasteiger charge is -2.29. The Labute approximate surface area is 153 Å². The third-order valence-corrected chi connectivity index (χ3v) is 7.34. The fourth-order valence-electron chi connectivity index (χ4n) is 2.79. The van der Waals surface area contributed by atoms with Crippen molar-refractivity contribution in [3.05, 3.63) is 65.6 Å². The molecule has 0 aliphatic carbocycles. The zero-order chi connectivity index (χ0) is 18.9. The summed E-state index contributed by atoms with van der Waals surface area (Å²) in [6, 6.07) is 12.2. The summed E-state index contributed by atoms with van der Waals surface area (Å²) < 4.78 is 56.7. The van der Waals surface area contributed by atoms with Crippen LogP contribution in [0.5, 0.6) is 5.75 Å². The van der Waals surface area contributed by atoms with Gasteiger partial charge < -0.3 is 4.74 Å². The van der Waals surface area contributed by atoms with Crippen LogP contribution in [0.4, 0.5) is 5.69 Å². The van der Waals surface area contributed by atoms with Crippen molar-refractivity contribution in [2.24, 2.45) is 0 Å². The smallest absolute Gasteiger partial charge is 0.264 e. The summed E-state index contributed by atoms with van der Waals surface area (Å²) >= 11 is 0. The predicted molar refractivity (Wildman–Crippen MR) is 101 cm³/mol. The molecule has 1 aliphatic rings. The molecule has 3 rings (SSSR count). The van der Waals surface area contributed by atoms with Crippen LogP contribution in [-0.4, -0.2) is 35.7 Å². The van der Waals surface area contributed by atoms with Gasteiger partial charge in [0.2, 0.25) is 0 Å². The van der Waals surface area contributed by atoms with E-state index in [0.717, 1.165) is 15.3 Å². The van der Waals surface area contributed by atoms with E-state index in [-0.39, 0.29) is 10.6 Å². The van der Waals surface area contributed by atoms with Gasteiger partial charge in [-0.2, -0.15) is 0 Å². The van der Waals surface area contributed by atoms with E-state index in [1.54, 1.807) is 36.4 Å². The molecule has 2 aromatic rings. The Morgan fingerprint density at radius 3 is 2.38 bits per heavy atom. The lowest BCUT2D eigenvalue weighted by Crippen LogP contribution is -2.41. The molecule has 1 aliphatic heterocycles. The van der Waals surface area contributed by atoms with Crippen molar-refractivity contribution < 1.29 is 21.6 Å². The Hall–Kier alpha value is -2.32. The highest BCUT2D eigenvalue weighted by Gasteiger charge is 2.36. The van der Waals surface area contributed by atoms with Crippen LogP contribution >= 0.6 is 0 Å². The van der Waals surface area contributed by atoms with Gasteiger partial charge in [-0.1, -0.05) is 23.8 Å². The minimum atomic E-state index is -3.97. The molecule has 0 aromatic heterocycles. The van der Waals surface area contributed by atoms with Crippen molar-refractivity contribution >= 4 is 25.5 Å². The highest BCUT2D eigenvalue weighted by Crippen LogP contribution is 2.31. The topological polar surface area (TPSA) is 80.8 Å². The summed E-state index contributed by atoms with van der Waals surface area (Å²) in [5.41, 5.74) is 1.27. The normalized spacial score (nSPS) is 18.6. The summed E-state index contributed by atoms with van der Waals surface area (Å²) in [5.74, 6) is 0.186. The highest BCUT2D eigenvalue weighted by atomic mass is 32.2. The zero-order valence-corrected chi connectivity index (χ0v) is 16.0. The fourth-order valence-corrected chi connectivity index (χ4v) is 5.75. The minimum absolute atomic E-state index is 0.101. The van der Waals surface area contributed by atoms with E-state index in [9.17, 15) is 16.8 Å². The summed E-state index contributed by atoms with van der Waals surface area (Å²) in [6.07, 6.45) is 1.40. The number of anilines is 1. The number of methoxy groups -OCH3 is 1. The van der Waals surface area contributed by atoms with Crippen molar-refractivity contribution in [2.45, 2.75) is 17.9 Å². The Balaban J connectivity index is 2.14. The van der Waals surface area contributed by atoms with Crippen molar-refractivity contribution in [2.75, 3.05) is 17.2 Å². The Bertz CT molecular complexity index is 1040. The number of nitrogens with zero attached hydrogens (tertiary/aromatic N) is 1. The maximum Gasteiger partial charge on any atom is 0.264 e. The van der Waals surface area contributed by atoms with Gasteiger partial charge in [0, 0.05) is 11.5 Å². The number of hydrogen-bond donors (Lipinski definition) is 0. The van der Waals surface area contributed by atoms with Crippen LogP contribution < -0.4 is 9.04 Å². The minimum Gasteiger partial charge on any atom is -0.497 e. The molecule has 0 amide bonds. The molecule has 0 unspecified atom stereocenters. The van der Waals surface area contributed by atoms with Crippen LogP contribution in [0.15, 0.2) is 64.9 Å². The molecule has 1 heterocycles. The van der Waals surface area contributed by atoms with E-state index in [2.05, 4.69) is 0 Å². The van der Waals surface area contributed by atoms with Gasteiger partial charge in [-0.3, -0.25) is 4.31 Å². The molecule has 1 atom stereocenters. The fraction of sp³-hybridized carbons (Fsp3) is 0.222. The third-order valence-electron chi connectivity index (χ3n) is 4.10. The molecule has 2 aromatic carbocycles. The number of aryl methyl sites for hydroxylation is 1. The van der Waals surface area contributed by atoms with E-state index in [1.807, 2.05) is 6.92 Å². The van der Waals surface area contributed by atoms with Crippen LogP contribution in [0.25, 0.3) is 0 Å². The molecule has 0 bridgehead atoms. The number of sulfonamides is 1. The monoisotopic (exact) mass is 393 g/mol. The summed E-state index contributed by atoms with van der Waals surface area (Å²) in [7, 11) is -5.91. The van der Waals surface area contributed by atoms with Crippen LogP contribution in [0, 0.1) is 6.92 Å². The molecule has 0 spiro atoms. The second-order valence-corrected chi connectivity index (χ2v) is 9.79. The molecule has 0 radical (unpaired) electrons. The van der Waals surface area contributed by atoms with Gasteiger partial charge in [0.15, 0.2) is 9.84 Å². The zero-order valence-electron chi connectivity index (χ0n) is 14.4. The molecule has 0 fully saturated rings. The first-order chi connectivity index (χ1) is 12.2. The number of ether oxygens (including phenoxy) is 1. The average Bonchev–Trinajstić information content (AvgIpc) is 2.94. The Morgan fingerprint density at radius 2 is 1.81 bits per heavy atom. The van der Waals surface area contributed by atoms with E-state index >= 15 is 0 Å². The highest BCUT2D eigenvalue weighted by molar-refractivity contribution is 7.95. The Morgan fingerprint density at radius 1 is 1.12 bits per heavy atom. The molecule has 8 heteroatoms. The second-order valence-electron chi connectivity index (χ2n) is 6.04. The number of sulfone groups is 1. The number of hydrogen-bond acceptors (Lipinski definition) is 5. The van der Waals surface area contributed by atoms with Gasteiger partial charge in [-0.25, -0.2) is 16.8 Å². The van der Waals surface area contributed by atoms with Crippen molar-refractivity contribution in [3.8, 4) is 5.75 Å². The molecule has 0 saturated carbocycles. The van der Waals surface area contributed by atoms with E-state index in [4.69, 9.17) is 4.74 Å². The van der Waals surface area contributed by atoms with Crippen LogP contribution in [0.3, 0.4) is 0 Å². The summed E-state index contributed by atoms with van der Waals surface area (Å²) in [6.45, 7) is 1.86. The third kappa shape index (κ3) is 3.61. The largest absolute Gasteiger partial charge is 0.497 e. The molecule has 0 N–H and O–H groups in total. The SMILES string of the molecule is COc1cccc(N([C@@H]2C=CS(=O)(=O)C2)S(=O)(=O)c2ccc(C)cc2)c1. The second kappa shape index (κ2) is 6.77. The first kappa shape index (κ1) is 18.5. The molecule has 138 valence electrons. The molecule has 26 heavy (non-hydrogen) atoms. The first-order valence-corrected chi connectivity index (χ1v) is 11.0.